The minimum Gasteiger partial charge on any atom is -0.379 e. The Bertz CT molecular complexity index is 940. The summed E-state index contributed by atoms with van der Waals surface area (Å²) in [6.45, 7) is 4.51. The summed E-state index contributed by atoms with van der Waals surface area (Å²) in [7, 11) is 0. The van der Waals surface area contributed by atoms with Gasteiger partial charge in [-0.15, -0.1) is 11.3 Å². The van der Waals surface area contributed by atoms with Gasteiger partial charge in [0.2, 0.25) is 0 Å². The van der Waals surface area contributed by atoms with E-state index in [-0.39, 0.29) is 11.7 Å². The highest BCUT2D eigenvalue weighted by molar-refractivity contribution is 7.13. The molecule has 0 bridgehead atoms. The summed E-state index contributed by atoms with van der Waals surface area (Å²) < 4.78 is 19.1. The van der Waals surface area contributed by atoms with Crippen LogP contribution in [0.15, 0.2) is 41.8 Å². The van der Waals surface area contributed by atoms with Crippen molar-refractivity contribution >= 4 is 28.1 Å². The zero-order chi connectivity index (χ0) is 18.6. The molecule has 1 aliphatic rings. The fraction of sp³-hybridized carbons (Fsp3) is 0.300. The molecule has 3 heterocycles. The molecule has 0 unspecified atom stereocenters. The van der Waals surface area contributed by atoms with E-state index < -0.39 is 0 Å². The van der Waals surface area contributed by atoms with E-state index in [1.807, 2.05) is 17.5 Å². The molecule has 5 nitrogen and oxygen atoms in total. The van der Waals surface area contributed by atoms with Crippen LogP contribution in [-0.4, -0.2) is 55.2 Å². The van der Waals surface area contributed by atoms with Crippen LogP contribution >= 0.6 is 11.3 Å². The summed E-state index contributed by atoms with van der Waals surface area (Å²) in [5.41, 5.74) is 1.79. The Kier molecular flexibility index (Phi) is 5.42. The second-order valence-electron chi connectivity index (χ2n) is 6.40. The van der Waals surface area contributed by atoms with Crippen LogP contribution in [0.5, 0.6) is 0 Å². The normalized spacial score (nSPS) is 15.1. The van der Waals surface area contributed by atoms with Gasteiger partial charge in [-0.25, -0.2) is 9.37 Å². The lowest BCUT2D eigenvalue weighted by atomic mass is 10.1. The summed E-state index contributed by atoms with van der Waals surface area (Å²) in [6.07, 6.45) is 0. The zero-order valence-corrected chi connectivity index (χ0v) is 15.6. The highest BCUT2D eigenvalue weighted by atomic mass is 32.1. The molecule has 1 saturated heterocycles. The van der Waals surface area contributed by atoms with Crippen molar-refractivity contribution in [2.75, 3.05) is 39.4 Å². The molecule has 4 rings (SSSR count). The molecular formula is C20H20FN3O2S. The average molecular weight is 385 g/mol. The third kappa shape index (κ3) is 4.16. The number of fused-ring (bicyclic) bond motifs is 1. The number of carbonyl (C=O) groups excluding carboxylic acids is 1. The molecule has 0 saturated carbocycles. The van der Waals surface area contributed by atoms with Crippen molar-refractivity contribution < 1.29 is 13.9 Å². The van der Waals surface area contributed by atoms with Crippen LogP contribution in [0, 0.1) is 5.82 Å². The van der Waals surface area contributed by atoms with Crippen LogP contribution in [0.25, 0.3) is 21.5 Å². The molecule has 0 spiro atoms. The van der Waals surface area contributed by atoms with Gasteiger partial charge in [0, 0.05) is 31.6 Å². The standard InChI is InChI=1S/C20H20FN3O2S/c21-14-3-4-17-15(12-14)16(13-18(23-17)19-2-1-11-27-19)20(25)22-5-6-24-7-9-26-10-8-24/h1-4,11-13H,5-10H2,(H,22,25). The molecule has 1 fully saturated rings. The number of halogens is 1. The monoisotopic (exact) mass is 385 g/mol. The maximum atomic E-state index is 13.8. The van der Waals surface area contributed by atoms with E-state index in [1.165, 1.54) is 12.1 Å². The van der Waals surface area contributed by atoms with E-state index in [4.69, 9.17) is 4.74 Å². The highest BCUT2D eigenvalue weighted by Gasteiger charge is 2.16. The van der Waals surface area contributed by atoms with Crippen molar-refractivity contribution in [3.63, 3.8) is 0 Å². The summed E-state index contributed by atoms with van der Waals surface area (Å²) in [5.74, 6) is -0.588. The molecule has 1 aromatic carbocycles. The van der Waals surface area contributed by atoms with Crippen LogP contribution < -0.4 is 5.32 Å². The van der Waals surface area contributed by atoms with Crippen molar-refractivity contribution in [3.8, 4) is 10.6 Å². The minimum absolute atomic E-state index is 0.209. The molecule has 27 heavy (non-hydrogen) atoms. The van der Waals surface area contributed by atoms with Gasteiger partial charge in [0.1, 0.15) is 5.82 Å². The number of thiophene rings is 1. The lowest BCUT2D eigenvalue weighted by molar-refractivity contribution is 0.0383. The number of nitrogens with one attached hydrogen (secondary N) is 1. The molecule has 140 valence electrons. The highest BCUT2D eigenvalue weighted by Crippen LogP contribution is 2.28. The number of pyridine rings is 1. The molecule has 2 aromatic heterocycles. The summed E-state index contributed by atoms with van der Waals surface area (Å²) >= 11 is 1.56. The predicted octanol–water partition coefficient (Wildman–Crippen LogP) is 3.16. The van der Waals surface area contributed by atoms with Crippen molar-refractivity contribution in [2.24, 2.45) is 0 Å². The van der Waals surface area contributed by atoms with Crippen molar-refractivity contribution in [1.29, 1.82) is 0 Å². The van der Waals surface area contributed by atoms with Crippen molar-refractivity contribution in [3.05, 3.63) is 53.2 Å². The molecule has 1 aliphatic heterocycles. The van der Waals surface area contributed by atoms with E-state index in [0.717, 1.165) is 43.4 Å². The Morgan fingerprint density at radius 1 is 1.26 bits per heavy atom. The van der Waals surface area contributed by atoms with Gasteiger partial charge in [0.05, 0.1) is 34.9 Å². The topological polar surface area (TPSA) is 54.5 Å². The van der Waals surface area contributed by atoms with Gasteiger partial charge in [-0.1, -0.05) is 6.07 Å². The van der Waals surface area contributed by atoms with E-state index >= 15 is 0 Å². The Balaban J connectivity index is 1.58. The van der Waals surface area contributed by atoms with Crippen LogP contribution in [0.4, 0.5) is 4.39 Å². The smallest absolute Gasteiger partial charge is 0.252 e. The molecule has 3 aromatic rings. The lowest BCUT2D eigenvalue weighted by Gasteiger charge is -2.26. The first-order valence-electron chi connectivity index (χ1n) is 8.93. The average Bonchev–Trinajstić information content (AvgIpc) is 3.23. The maximum absolute atomic E-state index is 13.8. The number of hydrogen-bond donors (Lipinski definition) is 1. The van der Waals surface area contributed by atoms with Gasteiger partial charge in [0.25, 0.3) is 5.91 Å². The number of morpholine rings is 1. The Morgan fingerprint density at radius 2 is 2.11 bits per heavy atom. The van der Waals surface area contributed by atoms with E-state index in [1.54, 1.807) is 23.5 Å². The summed E-state index contributed by atoms with van der Waals surface area (Å²) in [5, 5.41) is 5.46. The third-order valence-electron chi connectivity index (χ3n) is 4.61. The molecule has 7 heteroatoms. The number of carbonyl (C=O) groups is 1. The molecular weight excluding hydrogens is 365 g/mol. The quantitative estimate of drug-likeness (QED) is 0.733. The number of benzene rings is 1. The predicted molar refractivity (Wildman–Crippen MR) is 105 cm³/mol. The second kappa shape index (κ2) is 8.12. The van der Waals surface area contributed by atoms with Gasteiger partial charge in [-0.05, 0) is 35.7 Å². The lowest BCUT2D eigenvalue weighted by Crippen LogP contribution is -2.41. The molecule has 1 amide bonds. The van der Waals surface area contributed by atoms with E-state index in [2.05, 4.69) is 15.2 Å². The Morgan fingerprint density at radius 3 is 2.89 bits per heavy atom. The van der Waals surface area contributed by atoms with E-state index in [9.17, 15) is 9.18 Å². The second-order valence-corrected chi connectivity index (χ2v) is 7.35. The third-order valence-corrected chi connectivity index (χ3v) is 5.50. The molecule has 1 N–H and O–H groups in total. The van der Waals surface area contributed by atoms with Crippen molar-refractivity contribution in [1.82, 2.24) is 15.2 Å². The fourth-order valence-corrected chi connectivity index (χ4v) is 3.87. The zero-order valence-electron chi connectivity index (χ0n) is 14.8. The van der Waals surface area contributed by atoms with Crippen LogP contribution in [0.1, 0.15) is 10.4 Å². The van der Waals surface area contributed by atoms with Crippen molar-refractivity contribution in [2.45, 2.75) is 0 Å². The SMILES string of the molecule is O=C(NCCN1CCOCC1)c1cc(-c2cccs2)nc2ccc(F)cc12. The Labute approximate surface area is 160 Å². The van der Waals surface area contributed by atoms with E-state index in [0.29, 0.717) is 23.0 Å². The van der Waals surface area contributed by atoms with Crippen LogP contribution in [0.2, 0.25) is 0 Å². The number of aromatic nitrogens is 1. The maximum Gasteiger partial charge on any atom is 0.252 e. The first kappa shape index (κ1) is 18.0. The van der Waals surface area contributed by atoms with Gasteiger partial charge in [0.15, 0.2) is 0 Å². The van der Waals surface area contributed by atoms with Gasteiger partial charge < -0.3 is 10.1 Å². The van der Waals surface area contributed by atoms with Crippen LogP contribution in [-0.2, 0) is 4.74 Å². The van der Waals surface area contributed by atoms with Crippen LogP contribution in [0.3, 0.4) is 0 Å². The van der Waals surface area contributed by atoms with Gasteiger partial charge in [-0.3, -0.25) is 9.69 Å². The largest absolute Gasteiger partial charge is 0.379 e. The number of rotatable bonds is 5. The Hall–Kier alpha value is -2.35. The first-order valence-corrected chi connectivity index (χ1v) is 9.81. The molecule has 0 atom stereocenters. The number of ether oxygens (including phenoxy) is 1. The van der Waals surface area contributed by atoms with Gasteiger partial charge in [-0.2, -0.15) is 0 Å². The number of amides is 1. The minimum atomic E-state index is -0.379. The summed E-state index contributed by atoms with van der Waals surface area (Å²) in [6, 6.07) is 10.0. The van der Waals surface area contributed by atoms with Gasteiger partial charge >= 0.3 is 0 Å². The molecule has 0 aliphatic carbocycles. The fourth-order valence-electron chi connectivity index (χ4n) is 3.18. The summed E-state index contributed by atoms with van der Waals surface area (Å²) in [4.78, 5) is 20.7. The molecule has 0 radical (unpaired) electrons. The number of hydrogen-bond acceptors (Lipinski definition) is 5. The number of nitrogens with zero attached hydrogens (tertiary/aromatic N) is 2. The first-order chi connectivity index (χ1) is 13.2.